The minimum atomic E-state index is -3.76. The van der Waals surface area contributed by atoms with Crippen molar-refractivity contribution in [1.29, 1.82) is 0 Å². The molecule has 2 fully saturated rings. The van der Waals surface area contributed by atoms with E-state index in [1.807, 2.05) is 13.8 Å². The maximum Gasteiger partial charge on any atom is 0.296 e. The fourth-order valence-electron chi connectivity index (χ4n) is 3.57. The highest BCUT2D eigenvalue weighted by Gasteiger charge is 2.49. The number of hydrogen-bond donors (Lipinski definition) is 0. The van der Waals surface area contributed by atoms with Crippen LogP contribution in [0.25, 0.3) is 0 Å². The number of Topliss-reactive ketones (excluding diaryl/α,β-unsaturated/α-hetero) is 1. The molecule has 3 atom stereocenters. The van der Waals surface area contributed by atoms with E-state index < -0.39 is 10.1 Å². The average molecular weight is 352 g/mol. The molecule has 1 spiro atoms. The van der Waals surface area contributed by atoms with Crippen LogP contribution < -0.4 is 0 Å². The molecule has 132 valence electrons. The molecule has 1 saturated heterocycles. The molecule has 24 heavy (non-hydrogen) atoms. The van der Waals surface area contributed by atoms with E-state index in [0.717, 1.165) is 18.4 Å². The fraction of sp³-hybridized carbons (Fsp3) is 0.611. The van der Waals surface area contributed by atoms with Gasteiger partial charge in [-0.2, -0.15) is 8.42 Å². The van der Waals surface area contributed by atoms with Crippen LogP contribution in [-0.4, -0.2) is 33.5 Å². The highest BCUT2D eigenvalue weighted by Crippen LogP contribution is 2.45. The lowest BCUT2D eigenvalue weighted by atomic mass is 9.81. The molecule has 1 aromatic carbocycles. The van der Waals surface area contributed by atoms with Gasteiger partial charge in [0, 0.05) is 12.3 Å². The van der Waals surface area contributed by atoms with E-state index in [9.17, 15) is 13.2 Å². The summed E-state index contributed by atoms with van der Waals surface area (Å²) in [4.78, 5) is 12.3. The van der Waals surface area contributed by atoms with Gasteiger partial charge in [-0.15, -0.1) is 0 Å². The lowest BCUT2D eigenvalue weighted by Gasteiger charge is -2.21. The van der Waals surface area contributed by atoms with Crippen LogP contribution in [0.4, 0.5) is 0 Å². The predicted molar refractivity (Wildman–Crippen MR) is 89.1 cm³/mol. The number of ketones is 1. The van der Waals surface area contributed by atoms with Crippen LogP contribution in [-0.2, 0) is 23.8 Å². The van der Waals surface area contributed by atoms with Crippen LogP contribution in [0.3, 0.4) is 0 Å². The SMILES string of the molecule is Cc1ccc(S(=O)(=O)OCC(C)C2CC3(CCCC3=O)CO2)cc1. The lowest BCUT2D eigenvalue weighted by molar-refractivity contribution is -0.125. The van der Waals surface area contributed by atoms with Crippen molar-refractivity contribution >= 4 is 15.9 Å². The van der Waals surface area contributed by atoms with Gasteiger partial charge in [0.05, 0.1) is 29.6 Å². The van der Waals surface area contributed by atoms with Gasteiger partial charge in [-0.3, -0.25) is 8.98 Å². The second-order valence-corrected chi connectivity index (χ2v) is 8.75. The number of carbonyl (C=O) groups is 1. The van der Waals surface area contributed by atoms with Gasteiger partial charge in [0.1, 0.15) is 5.78 Å². The van der Waals surface area contributed by atoms with Gasteiger partial charge in [-0.1, -0.05) is 24.6 Å². The van der Waals surface area contributed by atoms with Crippen LogP contribution in [0.15, 0.2) is 29.2 Å². The third-order valence-electron chi connectivity index (χ3n) is 5.25. The summed E-state index contributed by atoms with van der Waals surface area (Å²) in [6.45, 7) is 4.33. The molecule has 5 nitrogen and oxygen atoms in total. The number of aryl methyl sites for hydroxylation is 1. The molecular weight excluding hydrogens is 328 g/mol. The maximum absolute atomic E-state index is 12.2. The Morgan fingerprint density at radius 3 is 2.67 bits per heavy atom. The molecule has 3 rings (SSSR count). The first kappa shape index (κ1) is 17.6. The molecule has 1 aliphatic heterocycles. The van der Waals surface area contributed by atoms with E-state index >= 15 is 0 Å². The number of rotatable bonds is 5. The van der Waals surface area contributed by atoms with E-state index in [1.54, 1.807) is 24.3 Å². The molecule has 1 heterocycles. The molecule has 2 aliphatic rings. The normalized spacial score (nSPS) is 28.6. The zero-order chi connectivity index (χ0) is 17.4. The minimum Gasteiger partial charge on any atom is -0.377 e. The lowest BCUT2D eigenvalue weighted by Crippen LogP contribution is -2.28. The van der Waals surface area contributed by atoms with E-state index in [1.165, 1.54) is 0 Å². The van der Waals surface area contributed by atoms with Gasteiger partial charge in [-0.05, 0) is 38.3 Å². The second kappa shape index (κ2) is 6.58. The first-order valence-corrected chi connectivity index (χ1v) is 9.84. The molecule has 1 saturated carbocycles. The van der Waals surface area contributed by atoms with Crippen LogP contribution in [0.2, 0.25) is 0 Å². The van der Waals surface area contributed by atoms with Gasteiger partial charge in [0.2, 0.25) is 0 Å². The summed E-state index contributed by atoms with van der Waals surface area (Å²) in [7, 11) is -3.76. The fourth-order valence-corrected chi connectivity index (χ4v) is 4.57. The summed E-state index contributed by atoms with van der Waals surface area (Å²) in [6.07, 6.45) is 3.02. The van der Waals surface area contributed by atoms with Gasteiger partial charge >= 0.3 is 0 Å². The van der Waals surface area contributed by atoms with Crippen LogP contribution >= 0.6 is 0 Å². The zero-order valence-electron chi connectivity index (χ0n) is 14.2. The maximum atomic E-state index is 12.2. The number of carbonyl (C=O) groups excluding carboxylic acids is 1. The Labute approximate surface area is 143 Å². The number of benzene rings is 1. The third-order valence-corrected chi connectivity index (χ3v) is 6.54. The molecule has 3 unspecified atom stereocenters. The summed E-state index contributed by atoms with van der Waals surface area (Å²) in [6, 6.07) is 6.59. The van der Waals surface area contributed by atoms with Crippen LogP contribution in [0, 0.1) is 18.3 Å². The summed E-state index contributed by atoms with van der Waals surface area (Å²) >= 11 is 0. The molecular formula is C18H24O5S. The quantitative estimate of drug-likeness (QED) is 0.762. The molecule has 6 heteroatoms. The number of ether oxygens (including phenoxy) is 1. The molecule has 1 aromatic rings. The van der Waals surface area contributed by atoms with Crippen LogP contribution in [0.1, 0.15) is 38.2 Å². The average Bonchev–Trinajstić information content (AvgIpc) is 3.14. The highest BCUT2D eigenvalue weighted by molar-refractivity contribution is 7.86. The summed E-state index contributed by atoms with van der Waals surface area (Å²) < 4.78 is 35.5. The van der Waals surface area contributed by atoms with Gasteiger partial charge in [0.15, 0.2) is 0 Å². The van der Waals surface area contributed by atoms with Crippen molar-refractivity contribution in [2.45, 2.75) is 50.5 Å². The molecule has 1 aliphatic carbocycles. The molecule has 0 radical (unpaired) electrons. The summed E-state index contributed by atoms with van der Waals surface area (Å²) in [5, 5.41) is 0. The van der Waals surface area contributed by atoms with Crippen molar-refractivity contribution in [2.75, 3.05) is 13.2 Å². The Morgan fingerprint density at radius 2 is 2.04 bits per heavy atom. The van der Waals surface area contributed by atoms with E-state index in [4.69, 9.17) is 8.92 Å². The molecule has 0 bridgehead atoms. The third kappa shape index (κ3) is 3.41. The van der Waals surface area contributed by atoms with Gasteiger partial charge in [-0.25, -0.2) is 0 Å². The van der Waals surface area contributed by atoms with Crippen molar-refractivity contribution < 1.29 is 22.1 Å². The minimum absolute atomic E-state index is 0.0607. The van der Waals surface area contributed by atoms with Crippen molar-refractivity contribution in [1.82, 2.24) is 0 Å². The first-order valence-electron chi connectivity index (χ1n) is 8.43. The van der Waals surface area contributed by atoms with E-state index in [-0.39, 0.29) is 28.9 Å². The largest absolute Gasteiger partial charge is 0.377 e. The summed E-state index contributed by atoms with van der Waals surface area (Å²) in [5.41, 5.74) is 0.669. The molecule has 0 N–H and O–H groups in total. The summed E-state index contributed by atoms with van der Waals surface area (Å²) in [5.74, 6) is 0.211. The zero-order valence-corrected chi connectivity index (χ0v) is 15.0. The second-order valence-electron chi connectivity index (χ2n) is 7.14. The van der Waals surface area contributed by atoms with Crippen molar-refractivity contribution in [3.05, 3.63) is 29.8 Å². The molecule has 0 amide bonds. The highest BCUT2D eigenvalue weighted by atomic mass is 32.2. The van der Waals surface area contributed by atoms with E-state index in [0.29, 0.717) is 25.2 Å². The standard InChI is InChI=1S/C18H24O5S/c1-13-5-7-15(8-6-13)24(20,21)23-11-14(2)16-10-18(12-22-16)9-3-4-17(18)19/h5-8,14,16H,3-4,9-12H2,1-2H3. The van der Waals surface area contributed by atoms with Crippen molar-refractivity contribution in [2.24, 2.45) is 11.3 Å². The van der Waals surface area contributed by atoms with E-state index in [2.05, 4.69) is 0 Å². The Balaban J connectivity index is 1.59. The van der Waals surface area contributed by atoms with Crippen LogP contribution in [0.5, 0.6) is 0 Å². The topological polar surface area (TPSA) is 69.7 Å². The Morgan fingerprint density at radius 1 is 1.33 bits per heavy atom. The Kier molecular flexibility index (Phi) is 4.82. The number of hydrogen-bond acceptors (Lipinski definition) is 5. The Hall–Kier alpha value is -1.24. The Bertz CT molecular complexity index is 709. The first-order chi connectivity index (χ1) is 11.3. The van der Waals surface area contributed by atoms with Gasteiger partial charge < -0.3 is 4.74 Å². The molecule has 0 aromatic heterocycles. The van der Waals surface area contributed by atoms with Crippen molar-refractivity contribution in [3.8, 4) is 0 Å². The smallest absolute Gasteiger partial charge is 0.296 e. The monoisotopic (exact) mass is 352 g/mol. The van der Waals surface area contributed by atoms with Gasteiger partial charge in [0.25, 0.3) is 10.1 Å². The predicted octanol–water partition coefficient (Wildman–Crippen LogP) is 2.86. The van der Waals surface area contributed by atoms with Crippen molar-refractivity contribution in [3.63, 3.8) is 0 Å².